The number of hydrogen-bond donors (Lipinski definition) is 1. The summed E-state index contributed by atoms with van der Waals surface area (Å²) in [5.41, 5.74) is -0.169. The monoisotopic (exact) mass is 272 g/mol. The van der Waals surface area contributed by atoms with Crippen molar-refractivity contribution in [1.29, 1.82) is 0 Å². The number of hydrogen-bond acceptors (Lipinski definition) is 2. The molecule has 1 aromatic heterocycles. The van der Waals surface area contributed by atoms with Crippen molar-refractivity contribution < 1.29 is 13.2 Å². The van der Waals surface area contributed by atoms with Crippen LogP contribution in [0.2, 0.25) is 5.02 Å². The molecule has 0 fully saturated rings. The molecule has 0 radical (unpaired) electrons. The van der Waals surface area contributed by atoms with Crippen molar-refractivity contribution in [3.05, 3.63) is 53.2 Å². The maximum absolute atomic E-state index is 12.4. The van der Waals surface area contributed by atoms with Crippen LogP contribution in [0.1, 0.15) is 5.56 Å². The Morgan fingerprint density at radius 2 is 1.78 bits per heavy atom. The Balaban J connectivity index is 2.26. The molecule has 2 aromatic rings. The Hall–Kier alpha value is -1.75. The summed E-state index contributed by atoms with van der Waals surface area (Å²) in [4.78, 5) is 3.68. The van der Waals surface area contributed by atoms with E-state index in [9.17, 15) is 13.2 Å². The van der Waals surface area contributed by atoms with E-state index in [2.05, 4.69) is 10.3 Å². The first-order valence-corrected chi connectivity index (χ1v) is 5.39. The summed E-state index contributed by atoms with van der Waals surface area (Å²) in [6, 6.07) is 9.78. The van der Waals surface area contributed by atoms with Gasteiger partial charge in [-0.25, -0.2) is 4.98 Å². The Morgan fingerprint density at radius 3 is 2.33 bits per heavy atom. The van der Waals surface area contributed by atoms with Crippen LogP contribution in [0.3, 0.4) is 0 Å². The molecule has 0 saturated carbocycles. The van der Waals surface area contributed by atoms with E-state index in [-0.39, 0.29) is 10.8 Å². The van der Waals surface area contributed by atoms with Crippen LogP contribution in [0.4, 0.5) is 24.7 Å². The first-order valence-electron chi connectivity index (χ1n) is 5.01. The highest BCUT2D eigenvalue weighted by molar-refractivity contribution is 6.33. The quantitative estimate of drug-likeness (QED) is 0.871. The average Bonchev–Trinajstić information content (AvgIpc) is 2.32. The Morgan fingerprint density at radius 1 is 1.11 bits per heavy atom. The number of nitrogens with one attached hydrogen (secondary N) is 1. The fourth-order valence-electron chi connectivity index (χ4n) is 1.34. The van der Waals surface area contributed by atoms with Crippen LogP contribution >= 0.6 is 11.6 Å². The van der Waals surface area contributed by atoms with E-state index in [1.165, 1.54) is 0 Å². The standard InChI is InChI=1S/C12H8ClF3N2/c13-10-6-8(12(14,15)16)7-17-11(10)18-9-4-2-1-3-5-9/h1-7H,(H,17,18). The third-order valence-corrected chi connectivity index (χ3v) is 2.49. The summed E-state index contributed by atoms with van der Waals surface area (Å²) in [6.45, 7) is 0. The van der Waals surface area contributed by atoms with Crippen LogP contribution in [-0.2, 0) is 6.18 Å². The molecule has 0 bridgehead atoms. The van der Waals surface area contributed by atoms with Crippen molar-refractivity contribution >= 4 is 23.1 Å². The molecule has 6 heteroatoms. The van der Waals surface area contributed by atoms with E-state index in [1.807, 2.05) is 6.07 Å². The fraction of sp³-hybridized carbons (Fsp3) is 0.0833. The summed E-state index contributed by atoms with van der Waals surface area (Å²) in [5.74, 6) is 0.191. The predicted molar refractivity (Wildman–Crippen MR) is 64.0 cm³/mol. The van der Waals surface area contributed by atoms with Gasteiger partial charge in [-0.3, -0.25) is 0 Å². The summed E-state index contributed by atoms with van der Waals surface area (Å²) < 4.78 is 37.2. The molecule has 0 aliphatic rings. The molecule has 0 atom stereocenters. The number of benzene rings is 1. The molecule has 0 unspecified atom stereocenters. The van der Waals surface area contributed by atoms with Gasteiger partial charge in [-0.1, -0.05) is 29.8 Å². The molecular formula is C12H8ClF3N2. The summed E-state index contributed by atoms with van der Waals surface area (Å²) in [5, 5.41) is 2.77. The lowest BCUT2D eigenvalue weighted by Gasteiger charge is -2.10. The Bertz CT molecular complexity index is 541. The second kappa shape index (κ2) is 4.86. The highest BCUT2D eigenvalue weighted by Gasteiger charge is 2.31. The van der Waals surface area contributed by atoms with Gasteiger partial charge in [0.05, 0.1) is 10.6 Å². The molecule has 2 rings (SSSR count). The molecule has 0 spiro atoms. The molecule has 1 aromatic carbocycles. The van der Waals surface area contributed by atoms with Crippen LogP contribution in [-0.4, -0.2) is 4.98 Å². The van der Waals surface area contributed by atoms with Crippen molar-refractivity contribution in [3.63, 3.8) is 0 Å². The van der Waals surface area contributed by atoms with Crippen molar-refractivity contribution in [2.75, 3.05) is 5.32 Å². The summed E-state index contributed by atoms with van der Waals surface area (Å²) in [6.07, 6.45) is -3.70. The maximum atomic E-state index is 12.4. The molecule has 0 aliphatic heterocycles. The zero-order chi connectivity index (χ0) is 13.2. The average molecular weight is 273 g/mol. The van der Waals surface area contributed by atoms with Crippen LogP contribution in [0, 0.1) is 0 Å². The fourth-order valence-corrected chi connectivity index (χ4v) is 1.56. The first kappa shape index (κ1) is 12.7. The van der Waals surface area contributed by atoms with E-state index in [4.69, 9.17) is 11.6 Å². The maximum Gasteiger partial charge on any atom is 0.417 e. The number of halogens is 4. The normalized spacial score (nSPS) is 11.3. The van der Waals surface area contributed by atoms with Crippen molar-refractivity contribution in [2.45, 2.75) is 6.18 Å². The molecule has 18 heavy (non-hydrogen) atoms. The first-order chi connectivity index (χ1) is 8.47. The predicted octanol–water partition coefficient (Wildman–Crippen LogP) is 4.50. The van der Waals surface area contributed by atoms with Crippen molar-refractivity contribution in [2.24, 2.45) is 0 Å². The smallest absolute Gasteiger partial charge is 0.339 e. The molecule has 2 nitrogen and oxygen atoms in total. The second-order valence-corrected chi connectivity index (χ2v) is 3.95. The lowest BCUT2D eigenvalue weighted by atomic mass is 10.2. The number of aromatic nitrogens is 1. The van der Waals surface area contributed by atoms with Gasteiger partial charge in [-0.15, -0.1) is 0 Å². The molecule has 94 valence electrons. The topological polar surface area (TPSA) is 24.9 Å². The molecular weight excluding hydrogens is 265 g/mol. The van der Waals surface area contributed by atoms with Gasteiger partial charge >= 0.3 is 6.18 Å². The lowest BCUT2D eigenvalue weighted by molar-refractivity contribution is -0.137. The number of para-hydroxylation sites is 1. The van der Waals surface area contributed by atoms with Gasteiger partial charge in [0.1, 0.15) is 5.82 Å². The van der Waals surface area contributed by atoms with Crippen LogP contribution in [0.25, 0.3) is 0 Å². The van der Waals surface area contributed by atoms with Crippen LogP contribution in [0.5, 0.6) is 0 Å². The van der Waals surface area contributed by atoms with Gasteiger partial charge < -0.3 is 5.32 Å². The number of alkyl halides is 3. The zero-order valence-electron chi connectivity index (χ0n) is 9.00. The summed E-state index contributed by atoms with van der Waals surface area (Å²) in [7, 11) is 0. The minimum Gasteiger partial charge on any atom is -0.339 e. The SMILES string of the molecule is FC(F)(F)c1cnc(Nc2ccccc2)c(Cl)c1. The molecule has 0 aliphatic carbocycles. The van der Waals surface area contributed by atoms with Gasteiger partial charge in [-0.2, -0.15) is 13.2 Å². The highest BCUT2D eigenvalue weighted by Crippen LogP contribution is 2.33. The third kappa shape index (κ3) is 2.92. The van der Waals surface area contributed by atoms with Crippen LogP contribution in [0.15, 0.2) is 42.6 Å². The van der Waals surface area contributed by atoms with Crippen molar-refractivity contribution in [3.8, 4) is 0 Å². The van der Waals surface area contributed by atoms with E-state index >= 15 is 0 Å². The minimum atomic E-state index is -4.44. The molecule has 1 heterocycles. The molecule has 0 saturated heterocycles. The molecule has 1 N–H and O–H groups in total. The highest BCUT2D eigenvalue weighted by atomic mass is 35.5. The molecule has 0 amide bonds. The van der Waals surface area contributed by atoms with Gasteiger partial charge in [-0.05, 0) is 18.2 Å². The zero-order valence-corrected chi connectivity index (χ0v) is 9.76. The lowest BCUT2D eigenvalue weighted by Crippen LogP contribution is -2.06. The van der Waals surface area contributed by atoms with Gasteiger partial charge in [0.2, 0.25) is 0 Å². The number of pyridine rings is 1. The number of rotatable bonds is 2. The number of nitrogens with zero attached hydrogens (tertiary/aromatic N) is 1. The van der Waals surface area contributed by atoms with E-state index in [0.29, 0.717) is 5.69 Å². The Labute approximate surface area is 106 Å². The van der Waals surface area contributed by atoms with E-state index in [1.54, 1.807) is 24.3 Å². The summed E-state index contributed by atoms with van der Waals surface area (Å²) >= 11 is 5.76. The van der Waals surface area contributed by atoms with E-state index in [0.717, 1.165) is 12.3 Å². The van der Waals surface area contributed by atoms with Gasteiger partial charge in [0.25, 0.3) is 0 Å². The van der Waals surface area contributed by atoms with Gasteiger partial charge in [0.15, 0.2) is 0 Å². The Kier molecular flexibility index (Phi) is 3.43. The third-order valence-electron chi connectivity index (χ3n) is 2.21. The minimum absolute atomic E-state index is 0.0753. The van der Waals surface area contributed by atoms with E-state index < -0.39 is 11.7 Å². The van der Waals surface area contributed by atoms with Gasteiger partial charge in [0, 0.05) is 11.9 Å². The van der Waals surface area contributed by atoms with Crippen molar-refractivity contribution in [1.82, 2.24) is 4.98 Å². The largest absolute Gasteiger partial charge is 0.417 e. The second-order valence-electron chi connectivity index (χ2n) is 3.54. The number of anilines is 2. The van der Waals surface area contributed by atoms with Crippen LogP contribution < -0.4 is 5.32 Å².